The first kappa shape index (κ1) is 14.2. The van der Waals surface area contributed by atoms with E-state index in [-0.39, 0.29) is 11.8 Å². The lowest BCUT2D eigenvalue weighted by molar-refractivity contribution is -0.161. The lowest BCUT2D eigenvalue weighted by atomic mass is 9.97. The number of hydrogen-bond acceptors (Lipinski definition) is 3. The fourth-order valence-electron chi connectivity index (χ4n) is 2.14. The number of carbonyl (C=O) groups is 1. The van der Waals surface area contributed by atoms with Gasteiger partial charge in [0.2, 0.25) is 5.91 Å². The molecule has 0 radical (unpaired) electrons. The zero-order valence-electron chi connectivity index (χ0n) is 11.2. The van der Waals surface area contributed by atoms with Crippen LogP contribution in [0.3, 0.4) is 0 Å². The molecular weight excluding hydrogens is 308 g/mol. The number of aliphatic hydroxyl groups is 1. The van der Waals surface area contributed by atoms with E-state index in [1.807, 2.05) is 19.1 Å². The van der Waals surface area contributed by atoms with E-state index in [2.05, 4.69) is 21.0 Å². The average Bonchev–Trinajstić information content (AvgIpc) is 2.65. The molecule has 0 spiro atoms. The van der Waals surface area contributed by atoms with E-state index in [4.69, 9.17) is 0 Å². The highest BCUT2D eigenvalue weighted by Crippen LogP contribution is 2.36. The normalized spacial score (nSPS) is 22.8. The molecule has 4 nitrogen and oxygen atoms in total. The Balaban J connectivity index is 2.41. The van der Waals surface area contributed by atoms with Gasteiger partial charge in [0.15, 0.2) is 5.72 Å². The van der Waals surface area contributed by atoms with Crippen molar-refractivity contribution < 1.29 is 9.90 Å². The molecule has 1 aliphatic heterocycles. The van der Waals surface area contributed by atoms with E-state index in [0.29, 0.717) is 12.0 Å². The largest absolute Gasteiger partial charge is 0.365 e. The topological polar surface area (TPSA) is 52.9 Å². The molecule has 5 heteroatoms. The van der Waals surface area contributed by atoms with Gasteiger partial charge in [-0.1, -0.05) is 41.9 Å². The third kappa shape index (κ3) is 2.58. The molecule has 1 N–H and O–H groups in total. The molecule has 2 rings (SSSR count). The second-order valence-corrected chi connectivity index (χ2v) is 6.06. The summed E-state index contributed by atoms with van der Waals surface area (Å²) in [5.41, 5.74) is 0.0521. The zero-order chi connectivity index (χ0) is 14.2. The first-order chi connectivity index (χ1) is 8.84. The minimum atomic E-state index is -1.37. The molecule has 1 atom stereocenters. The molecule has 1 aromatic rings. The monoisotopic (exact) mass is 324 g/mol. The van der Waals surface area contributed by atoms with Crippen molar-refractivity contribution in [3.05, 3.63) is 34.3 Å². The molecule has 1 heterocycles. The highest BCUT2D eigenvalue weighted by atomic mass is 79.9. The highest BCUT2D eigenvalue weighted by molar-refractivity contribution is 9.10. The van der Waals surface area contributed by atoms with Crippen LogP contribution in [-0.2, 0) is 10.5 Å². The molecule has 0 aromatic heterocycles. The van der Waals surface area contributed by atoms with E-state index < -0.39 is 5.72 Å². The lowest BCUT2D eigenvalue weighted by Crippen LogP contribution is -2.45. The first-order valence-electron chi connectivity index (χ1n) is 6.21. The zero-order valence-corrected chi connectivity index (χ0v) is 12.8. The Hall–Kier alpha value is -1.20. The SMILES string of the molecule is CC1=NN(C(=O)C(C)C)[C@](O)(c2ccc(Br)cc2)C1. The Labute approximate surface area is 121 Å². The lowest BCUT2D eigenvalue weighted by Gasteiger charge is -2.32. The standard InChI is InChI=1S/C14H17BrN2O2/c1-9(2)13(18)17-14(19,8-10(3)16-17)11-4-6-12(15)7-5-11/h4-7,9,19H,8H2,1-3H3/t14-/m1/s1. The minimum absolute atomic E-state index is 0.178. The van der Waals surface area contributed by atoms with Crippen molar-refractivity contribution in [1.29, 1.82) is 0 Å². The second-order valence-electron chi connectivity index (χ2n) is 5.14. The van der Waals surface area contributed by atoms with Crippen molar-refractivity contribution in [3.63, 3.8) is 0 Å². The van der Waals surface area contributed by atoms with Gasteiger partial charge in [0, 0.05) is 28.1 Å². The van der Waals surface area contributed by atoms with Crippen molar-refractivity contribution in [3.8, 4) is 0 Å². The molecule has 0 aliphatic carbocycles. The quantitative estimate of drug-likeness (QED) is 0.909. The number of hydrazone groups is 1. The maximum absolute atomic E-state index is 12.2. The molecule has 19 heavy (non-hydrogen) atoms. The Morgan fingerprint density at radius 3 is 2.53 bits per heavy atom. The van der Waals surface area contributed by atoms with Crippen molar-refractivity contribution >= 4 is 27.5 Å². The molecule has 0 saturated heterocycles. The number of hydrogen-bond donors (Lipinski definition) is 1. The molecule has 0 saturated carbocycles. The molecular formula is C14H17BrN2O2. The highest BCUT2D eigenvalue weighted by Gasteiger charge is 2.45. The van der Waals surface area contributed by atoms with E-state index >= 15 is 0 Å². The molecule has 0 unspecified atom stereocenters. The first-order valence-corrected chi connectivity index (χ1v) is 7.00. The average molecular weight is 325 g/mol. The van der Waals surface area contributed by atoms with Crippen LogP contribution < -0.4 is 0 Å². The van der Waals surface area contributed by atoms with Gasteiger partial charge < -0.3 is 5.11 Å². The molecule has 0 bridgehead atoms. The number of nitrogens with zero attached hydrogens (tertiary/aromatic N) is 2. The molecule has 1 aromatic carbocycles. The third-order valence-corrected chi connectivity index (χ3v) is 3.66. The Morgan fingerprint density at radius 2 is 2.00 bits per heavy atom. The summed E-state index contributed by atoms with van der Waals surface area (Å²) in [6.07, 6.45) is 0.340. The summed E-state index contributed by atoms with van der Waals surface area (Å²) in [6.45, 7) is 5.42. The van der Waals surface area contributed by atoms with Crippen molar-refractivity contribution in [1.82, 2.24) is 5.01 Å². The van der Waals surface area contributed by atoms with E-state index in [0.717, 1.165) is 10.2 Å². The van der Waals surface area contributed by atoms with E-state index in [1.165, 1.54) is 5.01 Å². The Bertz CT molecular complexity index is 525. The van der Waals surface area contributed by atoms with Gasteiger partial charge in [-0.05, 0) is 19.1 Å². The van der Waals surface area contributed by atoms with Gasteiger partial charge in [-0.15, -0.1) is 0 Å². The summed E-state index contributed by atoms with van der Waals surface area (Å²) < 4.78 is 0.928. The van der Waals surface area contributed by atoms with Crippen molar-refractivity contribution in [2.45, 2.75) is 32.9 Å². The molecule has 1 aliphatic rings. The number of amides is 1. The summed E-state index contributed by atoms with van der Waals surface area (Å²) in [6, 6.07) is 7.30. The Morgan fingerprint density at radius 1 is 1.42 bits per heavy atom. The predicted octanol–water partition coefficient (Wildman–Crippen LogP) is 2.86. The predicted molar refractivity (Wildman–Crippen MR) is 77.4 cm³/mol. The fraction of sp³-hybridized carbons (Fsp3) is 0.429. The van der Waals surface area contributed by atoms with Gasteiger partial charge in [0.1, 0.15) is 0 Å². The van der Waals surface area contributed by atoms with Gasteiger partial charge >= 0.3 is 0 Å². The van der Waals surface area contributed by atoms with Crippen LogP contribution >= 0.6 is 15.9 Å². The summed E-state index contributed by atoms with van der Waals surface area (Å²) in [5, 5.41) is 16.3. The molecule has 102 valence electrons. The van der Waals surface area contributed by atoms with Gasteiger partial charge in [0.05, 0.1) is 0 Å². The van der Waals surface area contributed by atoms with E-state index in [1.54, 1.807) is 26.0 Å². The van der Waals surface area contributed by atoms with Gasteiger partial charge in [-0.25, -0.2) is 0 Å². The van der Waals surface area contributed by atoms with Crippen molar-refractivity contribution in [2.24, 2.45) is 11.0 Å². The van der Waals surface area contributed by atoms with Crippen LogP contribution in [0.15, 0.2) is 33.8 Å². The number of carbonyl (C=O) groups excluding carboxylic acids is 1. The van der Waals surface area contributed by atoms with Crippen LogP contribution in [0.4, 0.5) is 0 Å². The van der Waals surface area contributed by atoms with Crippen LogP contribution in [0.1, 0.15) is 32.8 Å². The summed E-state index contributed by atoms with van der Waals surface area (Å²) in [5.74, 6) is -0.390. The van der Waals surface area contributed by atoms with Crippen LogP contribution in [0, 0.1) is 5.92 Å². The summed E-state index contributed by atoms with van der Waals surface area (Å²) in [7, 11) is 0. The maximum Gasteiger partial charge on any atom is 0.248 e. The fourth-order valence-corrected chi connectivity index (χ4v) is 2.40. The van der Waals surface area contributed by atoms with Crippen LogP contribution in [0.2, 0.25) is 0 Å². The van der Waals surface area contributed by atoms with Crippen LogP contribution in [0.25, 0.3) is 0 Å². The second kappa shape index (κ2) is 5.06. The number of benzene rings is 1. The van der Waals surface area contributed by atoms with Gasteiger partial charge in [-0.2, -0.15) is 10.1 Å². The van der Waals surface area contributed by atoms with Crippen LogP contribution in [-0.4, -0.2) is 21.7 Å². The number of rotatable bonds is 2. The van der Waals surface area contributed by atoms with Crippen molar-refractivity contribution in [2.75, 3.05) is 0 Å². The maximum atomic E-state index is 12.2. The molecule has 1 amide bonds. The van der Waals surface area contributed by atoms with Crippen LogP contribution in [0.5, 0.6) is 0 Å². The summed E-state index contributed by atoms with van der Waals surface area (Å²) in [4.78, 5) is 12.2. The smallest absolute Gasteiger partial charge is 0.248 e. The summed E-state index contributed by atoms with van der Waals surface area (Å²) >= 11 is 3.36. The minimum Gasteiger partial charge on any atom is -0.365 e. The molecule has 0 fully saturated rings. The third-order valence-electron chi connectivity index (χ3n) is 3.13. The van der Waals surface area contributed by atoms with E-state index in [9.17, 15) is 9.90 Å². The Kier molecular flexibility index (Phi) is 3.78. The number of halogens is 1. The van der Waals surface area contributed by atoms with Gasteiger partial charge in [-0.3, -0.25) is 4.79 Å². The van der Waals surface area contributed by atoms with Gasteiger partial charge in [0.25, 0.3) is 0 Å².